The average molecular weight is 1090 g/mol. The number of aromatic nitrogens is 4. The van der Waals surface area contributed by atoms with E-state index < -0.39 is 24.5 Å². The first kappa shape index (κ1) is 53.7. The van der Waals surface area contributed by atoms with Crippen LogP contribution in [-0.2, 0) is 38.5 Å². The standard InChI is InChI=1S/C58H72F2N10O7S/c1-33(2)51(57(75)69-29-42(72)25-48(69)55(73)62-34(3)37-10-12-38(13-11-37)52-35(4)61-32-78-52)49-27-50(65-77-49)63-40-9-6-17-58(28-40)18-21-67(31-58)56(74)44-24-39-8-7-19-68(47(39)26-43(44)53(59)60)54-45-30-66(36(5)71)20-14-46(45)70(64-54)41-15-22-76-23-16-41/h10-13,24,26-27,32-34,40-42,48,51,53,72H,6-9,14-23,25,28-31H2,1-5H3,(H,62,73)(H,63,65)/t34-,40-,42+,48-,51+,58-/m0/s1. The number of aryl methyl sites for hydroxylation is 2. The molecule has 3 N–H and O–H groups in total. The number of rotatable bonds is 13. The number of hydrogen-bond acceptors (Lipinski definition) is 13. The summed E-state index contributed by atoms with van der Waals surface area (Å²) in [6.45, 7) is 13.1. The third kappa shape index (κ3) is 10.6. The minimum Gasteiger partial charge on any atom is -0.391 e. The van der Waals surface area contributed by atoms with Crippen molar-refractivity contribution in [2.24, 2.45) is 11.3 Å². The van der Waals surface area contributed by atoms with Crippen LogP contribution >= 0.6 is 11.3 Å². The molecular weight excluding hydrogens is 1020 g/mol. The molecule has 20 heteroatoms. The highest BCUT2D eigenvalue weighted by atomic mass is 32.1. The third-order valence-electron chi connectivity index (χ3n) is 17.6. The predicted octanol–water partition coefficient (Wildman–Crippen LogP) is 9.05. The van der Waals surface area contributed by atoms with Gasteiger partial charge in [0.2, 0.25) is 17.7 Å². The van der Waals surface area contributed by atoms with E-state index in [0.717, 1.165) is 89.9 Å². The molecule has 4 amide bonds. The van der Waals surface area contributed by atoms with Gasteiger partial charge in [-0.3, -0.25) is 23.9 Å². The normalized spacial score (nSPS) is 23.5. The van der Waals surface area contributed by atoms with Crippen molar-refractivity contribution in [3.05, 3.63) is 92.9 Å². The molecule has 3 saturated heterocycles. The number of carbonyl (C=O) groups excluding carboxylic acids is 4. The number of fused-ring (bicyclic) bond motifs is 2. The highest BCUT2D eigenvalue weighted by Gasteiger charge is 2.46. The lowest BCUT2D eigenvalue weighted by Crippen LogP contribution is -2.48. The molecule has 416 valence electrons. The molecule has 11 rings (SSSR count). The largest absolute Gasteiger partial charge is 0.391 e. The molecule has 1 spiro atoms. The Hall–Kier alpha value is -6.25. The Morgan fingerprint density at radius 3 is 2.47 bits per heavy atom. The molecule has 0 bridgehead atoms. The van der Waals surface area contributed by atoms with Gasteiger partial charge in [-0.25, -0.2) is 13.8 Å². The van der Waals surface area contributed by atoms with E-state index in [1.54, 1.807) is 35.3 Å². The SMILES string of the molecule is CC(=O)N1CCc2c(c(N3CCCc4cc(C(=O)N5CC[C@]6(CCC[C@H](Nc7cc([C@H](C(=O)N8C[C@H](O)C[C@H]8C(=O)N[C@@H](C)c8ccc(-c9scnc9C)cc8)C(C)C)on7)C6)C5)c(C(F)F)cc43)nn2C2CCOCC2)C1. The van der Waals surface area contributed by atoms with Crippen LogP contribution in [0.1, 0.15) is 160 Å². The van der Waals surface area contributed by atoms with Crippen LogP contribution in [0.3, 0.4) is 0 Å². The number of nitrogens with zero attached hydrogens (tertiary/aromatic N) is 8. The molecule has 17 nitrogen and oxygen atoms in total. The molecular formula is C58H72F2N10O7S. The molecule has 78 heavy (non-hydrogen) atoms. The molecule has 6 aliphatic rings. The Morgan fingerprint density at radius 2 is 1.74 bits per heavy atom. The van der Waals surface area contributed by atoms with Gasteiger partial charge in [0.25, 0.3) is 12.3 Å². The molecule has 2 aromatic carbocycles. The number of halogens is 2. The molecule has 0 radical (unpaired) electrons. The first-order valence-electron chi connectivity index (χ1n) is 28.0. The van der Waals surface area contributed by atoms with Crippen molar-refractivity contribution in [1.29, 1.82) is 0 Å². The van der Waals surface area contributed by atoms with Crippen molar-refractivity contribution in [2.75, 3.05) is 56.2 Å². The van der Waals surface area contributed by atoms with E-state index in [1.807, 2.05) is 67.3 Å². The fourth-order valence-corrected chi connectivity index (χ4v) is 14.2. The molecule has 1 aliphatic carbocycles. The molecule has 4 fully saturated rings. The molecule has 6 atom stereocenters. The van der Waals surface area contributed by atoms with Crippen LogP contribution in [0.2, 0.25) is 0 Å². The maximum Gasteiger partial charge on any atom is 0.264 e. The van der Waals surface area contributed by atoms with Crippen molar-refractivity contribution in [2.45, 2.75) is 154 Å². The number of anilines is 3. The van der Waals surface area contributed by atoms with E-state index in [-0.39, 0.29) is 77.2 Å². The van der Waals surface area contributed by atoms with Gasteiger partial charge < -0.3 is 44.6 Å². The summed E-state index contributed by atoms with van der Waals surface area (Å²) in [5.74, 6) is -0.514. The molecule has 8 heterocycles. The minimum absolute atomic E-state index is 0.0165. The molecule has 5 aromatic rings. The number of aliphatic hydroxyl groups is 1. The maximum absolute atomic E-state index is 15.3. The first-order valence-corrected chi connectivity index (χ1v) is 28.9. The Kier molecular flexibility index (Phi) is 15.2. The lowest BCUT2D eigenvalue weighted by molar-refractivity contribution is -0.141. The second-order valence-corrected chi connectivity index (χ2v) is 24.0. The van der Waals surface area contributed by atoms with Gasteiger partial charge in [-0.15, -0.1) is 11.3 Å². The molecule has 1 saturated carbocycles. The Labute approximate surface area is 458 Å². The number of alkyl halides is 2. The van der Waals surface area contributed by atoms with Gasteiger partial charge in [-0.1, -0.05) is 49.7 Å². The van der Waals surface area contributed by atoms with Gasteiger partial charge in [0.15, 0.2) is 17.4 Å². The van der Waals surface area contributed by atoms with Crippen LogP contribution in [0.25, 0.3) is 10.4 Å². The Balaban J connectivity index is 0.750. The smallest absolute Gasteiger partial charge is 0.264 e. The number of nitrogens with one attached hydrogen (secondary N) is 2. The fraction of sp³-hybridized carbons (Fsp3) is 0.569. The summed E-state index contributed by atoms with van der Waals surface area (Å²) < 4.78 is 44.4. The molecule has 5 aliphatic heterocycles. The molecule has 0 unspecified atom stereocenters. The summed E-state index contributed by atoms with van der Waals surface area (Å²) in [4.78, 5) is 68.2. The second-order valence-electron chi connectivity index (χ2n) is 23.1. The zero-order valence-electron chi connectivity index (χ0n) is 45.3. The monoisotopic (exact) mass is 1090 g/mol. The highest BCUT2D eigenvalue weighted by Crippen LogP contribution is 2.47. The number of amides is 4. The minimum atomic E-state index is -2.89. The first-order chi connectivity index (χ1) is 37.5. The number of likely N-dealkylation sites (tertiary alicyclic amines) is 2. The zero-order chi connectivity index (χ0) is 54.6. The van der Waals surface area contributed by atoms with Crippen LogP contribution in [0, 0.1) is 18.3 Å². The van der Waals surface area contributed by atoms with E-state index in [9.17, 15) is 24.3 Å². The predicted molar refractivity (Wildman–Crippen MR) is 291 cm³/mol. The van der Waals surface area contributed by atoms with Gasteiger partial charge >= 0.3 is 0 Å². The van der Waals surface area contributed by atoms with E-state index in [4.69, 9.17) is 14.4 Å². The van der Waals surface area contributed by atoms with Crippen LogP contribution in [-0.4, -0.2) is 127 Å². The Bertz CT molecular complexity index is 3040. The quantitative estimate of drug-likeness (QED) is 0.102. The van der Waals surface area contributed by atoms with E-state index >= 15 is 8.78 Å². The van der Waals surface area contributed by atoms with Gasteiger partial charge in [-0.2, -0.15) is 5.10 Å². The summed E-state index contributed by atoms with van der Waals surface area (Å²) in [6.07, 6.45) is 4.16. The number of β-amino-alcohol motifs (C(OH)–C–C–N with tert-alkyl or cyclic N) is 1. The van der Waals surface area contributed by atoms with Crippen molar-refractivity contribution in [3.8, 4) is 10.4 Å². The van der Waals surface area contributed by atoms with Gasteiger partial charge in [0.05, 0.1) is 40.8 Å². The van der Waals surface area contributed by atoms with Crippen LogP contribution in [0.15, 0.2) is 52.5 Å². The maximum atomic E-state index is 15.3. The summed E-state index contributed by atoms with van der Waals surface area (Å²) in [7, 11) is 0. The van der Waals surface area contributed by atoms with Gasteiger partial charge in [0.1, 0.15) is 12.0 Å². The number of benzene rings is 2. The van der Waals surface area contributed by atoms with Gasteiger partial charge in [0, 0.05) is 106 Å². The summed E-state index contributed by atoms with van der Waals surface area (Å²) in [6, 6.07) is 11.9. The lowest BCUT2D eigenvalue weighted by Gasteiger charge is -2.38. The highest BCUT2D eigenvalue weighted by molar-refractivity contribution is 7.13. The number of ether oxygens (including phenoxy) is 1. The average Bonchev–Trinajstić information content (AvgIpc) is 4.49. The number of hydrogen-bond donors (Lipinski definition) is 3. The van der Waals surface area contributed by atoms with Crippen LogP contribution in [0.5, 0.6) is 0 Å². The van der Waals surface area contributed by atoms with E-state index in [2.05, 4.69) is 25.5 Å². The zero-order valence-corrected chi connectivity index (χ0v) is 46.1. The van der Waals surface area contributed by atoms with Crippen molar-refractivity contribution in [1.82, 2.24) is 39.9 Å². The lowest BCUT2D eigenvalue weighted by atomic mass is 9.71. The third-order valence-corrected chi connectivity index (χ3v) is 18.5. The summed E-state index contributed by atoms with van der Waals surface area (Å²) in [5.41, 5.74) is 7.80. The van der Waals surface area contributed by atoms with Crippen molar-refractivity contribution >= 4 is 52.3 Å². The van der Waals surface area contributed by atoms with Crippen LogP contribution in [0.4, 0.5) is 26.1 Å². The van der Waals surface area contributed by atoms with Crippen molar-refractivity contribution < 1.29 is 42.3 Å². The summed E-state index contributed by atoms with van der Waals surface area (Å²) >= 11 is 1.58. The van der Waals surface area contributed by atoms with Gasteiger partial charge in [-0.05, 0) is 105 Å². The number of aliphatic hydroxyl groups excluding tert-OH is 1. The van der Waals surface area contributed by atoms with E-state index in [1.165, 1.54) is 11.0 Å². The number of carbonyl (C=O) groups is 4. The van der Waals surface area contributed by atoms with Crippen LogP contribution < -0.4 is 15.5 Å². The Morgan fingerprint density at radius 1 is 0.949 bits per heavy atom. The topological polar surface area (TPSA) is 191 Å². The molecule has 3 aromatic heterocycles. The van der Waals surface area contributed by atoms with E-state index in [0.29, 0.717) is 81.9 Å². The summed E-state index contributed by atoms with van der Waals surface area (Å²) in [5, 5.41) is 27.1. The van der Waals surface area contributed by atoms with Crippen molar-refractivity contribution in [3.63, 3.8) is 0 Å². The fourth-order valence-electron chi connectivity index (χ4n) is 13.4. The second kappa shape index (κ2) is 22.1. The number of thiazole rings is 1.